The number of benzene rings is 1. The zero-order valence-electron chi connectivity index (χ0n) is 10.4. The topological polar surface area (TPSA) is 67.3 Å². The van der Waals surface area contributed by atoms with Gasteiger partial charge in [0.1, 0.15) is 0 Å². The molecule has 0 unspecified atom stereocenters. The lowest BCUT2D eigenvalue weighted by Crippen LogP contribution is -2.14. The molecule has 1 aromatic heterocycles. The van der Waals surface area contributed by atoms with Crippen LogP contribution in [0, 0.1) is 0 Å². The number of nitrogens with one attached hydrogen (secondary N) is 1. The Morgan fingerprint density at radius 1 is 1.37 bits per heavy atom. The molecule has 0 amide bonds. The quantitative estimate of drug-likeness (QED) is 0.883. The SMILES string of the molecule is COc1cc(CNCc2cccnn2)cc(Br)c1O. The average molecular weight is 324 g/mol. The van der Waals surface area contributed by atoms with Crippen LogP contribution in [-0.2, 0) is 13.1 Å². The van der Waals surface area contributed by atoms with Crippen molar-refractivity contribution >= 4 is 15.9 Å². The summed E-state index contributed by atoms with van der Waals surface area (Å²) < 4.78 is 5.71. The zero-order valence-corrected chi connectivity index (χ0v) is 12.0. The Labute approximate surface area is 119 Å². The van der Waals surface area contributed by atoms with E-state index in [9.17, 15) is 5.11 Å². The molecular formula is C13H14BrN3O2. The average Bonchev–Trinajstić information content (AvgIpc) is 2.43. The van der Waals surface area contributed by atoms with Gasteiger partial charge in [0.05, 0.1) is 17.3 Å². The maximum Gasteiger partial charge on any atom is 0.172 e. The number of nitrogens with zero attached hydrogens (tertiary/aromatic N) is 2. The highest BCUT2D eigenvalue weighted by Gasteiger charge is 2.08. The van der Waals surface area contributed by atoms with Gasteiger partial charge in [-0.05, 0) is 45.8 Å². The van der Waals surface area contributed by atoms with Crippen LogP contribution in [0.5, 0.6) is 11.5 Å². The summed E-state index contributed by atoms with van der Waals surface area (Å²) in [5.74, 6) is 0.561. The van der Waals surface area contributed by atoms with E-state index in [1.807, 2.05) is 18.2 Å². The second-order valence-electron chi connectivity index (χ2n) is 3.95. The lowest BCUT2D eigenvalue weighted by atomic mass is 10.2. The smallest absolute Gasteiger partial charge is 0.172 e. The molecule has 0 saturated heterocycles. The molecule has 2 rings (SSSR count). The van der Waals surface area contributed by atoms with Crippen LogP contribution in [0.15, 0.2) is 34.9 Å². The summed E-state index contributed by atoms with van der Waals surface area (Å²) in [6, 6.07) is 7.41. The van der Waals surface area contributed by atoms with Gasteiger partial charge >= 0.3 is 0 Å². The standard InChI is InChI=1S/C13H14BrN3O2/c1-19-12-6-9(5-11(14)13(12)18)7-15-8-10-3-2-4-16-17-10/h2-6,15,18H,7-8H2,1H3. The first-order chi connectivity index (χ1) is 9.20. The van der Waals surface area contributed by atoms with Gasteiger partial charge in [0.25, 0.3) is 0 Å². The van der Waals surface area contributed by atoms with Crippen molar-refractivity contribution in [1.29, 1.82) is 0 Å². The molecule has 0 fully saturated rings. The van der Waals surface area contributed by atoms with Crippen LogP contribution < -0.4 is 10.1 Å². The first kappa shape index (κ1) is 13.8. The number of aromatic hydroxyl groups is 1. The summed E-state index contributed by atoms with van der Waals surface area (Å²) in [7, 11) is 1.53. The fourth-order valence-corrected chi connectivity index (χ4v) is 2.14. The number of rotatable bonds is 5. The summed E-state index contributed by atoms with van der Waals surface area (Å²) in [6.45, 7) is 1.28. The molecule has 6 heteroatoms. The maximum atomic E-state index is 9.71. The molecule has 19 heavy (non-hydrogen) atoms. The molecule has 0 bridgehead atoms. The number of aromatic nitrogens is 2. The van der Waals surface area contributed by atoms with Gasteiger partial charge in [0.15, 0.2) is 11.5 Å². The number of hydrogen-bond donors (Lipinski definition) is 2. The summed E-state index contributed by atoms with van der Waals surface area (Å²) in [5, 5.41) is 20.8. The van der Waals surface area contributed by atoms with E-state index >= 15 is 0 Å². The van der Waals surface area contributed by atoms with E-state index in [0.29, 0.717) is 23.3 Å². The van der Waals surface area contributed by atoms with Crippen LogP contribution in [-0.4, -0.2) is 22.4 Å². The van der Waals surface area contributed by atoms with Gasteiger partial charge in [-0.3, -0.25) is 0 Å². The Balaban J connectivity index is 1.98. The Bertz CT molecular complexity index is 549. The van der Waals surface area contributed by atoms with Crippen LogP contribution in [0.3, 0.4) is 0 Å². The van der Waals surface area contributed by atoms with Crippen LogP contribution >= 0.6 is 15.9 Å². The molecule has 1 heterocycles. The first-order valence-electron chi connectivity index (χ1n) is 5.73. The monoisotopic (exact) mass is 323 g/mol. The summed E-state index contributed by atoms with van der Waals surface area (Å²) in [6.07, 6.45) is 1.64. The van der Waals surface area contributed by atoms with Gasteiger partial charge in [-0.15, -0.1) is 0 Å². The van der Waals surface area contributed by atoms with Crippen molar-refractivity contribution in [2.24, 2.45) is 0 Å². The third-order valence-electron chi connectivity index (χ3n) is 2.57. The summed E-state index contributed by atoms with van der Waals surface area (Å²) in [4.78, 5) is 0. The van der Waals surface area contributed by atoms with E-state index in [1.165, 1.54) is 7.11 Å². The first-order valence-corrected chi connectivity index (χ1v) is 6.52. The predicted molar refractivity (Wildman–Crippen MR) is 74.9 cm³/mol. The van der Waals surface area contributed by atoms with Crippen LogP contribution in [0.25, 0.3) is 0 Å². The molecule has 0 aliphatic carbocycles. The fraction of sp³-hybridized carbons (Fsp3) is 0.231. The third kappa shape index (κ3) is 3.65. The molecule has 0 atom stereocenters. The molecule has 2 N–H and O–H groups in total. The minimum absolute atomic E-state index is 0.111. The summed E-state index contributed by atoms with van der Waals surface area (Å²) in [5.41, 5.74) is 1.89. The molecule has 0 aliphatic rings. The Hall–Kier alpha value is -1.66. The van der Waals surface area contributed by atoms with Gasteiger partial charge in [-0.25, -0.2) is 0 Å². The number of phenolic OH excluding ortho intramolecular Hbond substituents is 1. The molecule has 5 nitrogen and oxygen atoms in total. The van der Waals surface area contributed by atoms with Crippen LogP contribution in [0.4, 0.5) is 0 Å². The van der Waals surface area contributed by atoms with E-state index in [0.717, 1.165) is 11.3 Å². The number of hydrogen-bond acceptors (Lipinski definition) is 5. The van der Waals surface area contributed by atoms with E-state index in [-0.39, 0.29) is 5.75 Å². The minimum atomic E-state index is 0.111. The van der Waals surface area contributed by atoms with Crippen molar-refractivity contribution in [2.45, 2.75) is 13.1 Å². The number of halogens is 1. The molecular weight excluding hydrogens is 310 g/mol. The van der Waals surface area contributed by atoms with Gasteiger partial charge < -0.3 is 15.2 Å². The second kappa shape index (κ2) is 6.49. The fourth-order valence-electron chi connectivity index (χ4n) is 1.65. The van der Waals surface area contributed by atoms with E-state index < -0.39 is 0 Å². The molecule has 0 radical (unpaired) electrons. The van der Waals surface area contributed by atoms with E-state index in [2.05, 4.69) is 31.4 Å². The third-order valence-corrected chi connectivity index (χ3v) is 3.18. The largest absolute Gasteiger partial charge is 0.503 e. The van der Waals surface area contributed by atoms with Crippen molar-refractivity contribution < 1.29 is 9.84 Å². The molecule has 0 spiro atoms. The highest BCUT2D eigenvalue weighted by atomic mass is 79.9. The molecule has 1 aromatic carbocycles. The Morgan fingerprint density at radius 2 is 2.21 bits per heavy atom. The van der Waals surface area contributed by atoms with Crippen LogP contribution in [0.2, 0.25) is 0 Å². The van der Waals surface area contributed by atoms with E-state index in [4.69, 9.17) is 4.74 Å². The second-order valence-corrected chi connectivity index (χ2v) is 4.80. The van der Waals surface area contributed by atoms with Gasteiger partial charge in [-0.2, -0.15) is 10.2 Å². The van der Waals surface area contributed by atoms with Gasteiger partial charge in [0.2, 0.25) is 0 Å². The molecule has 2 aromatic rings. The highest BCUT2D eigenvalue weighted by Crippen LogP contribution is 2.35. The van der Waals surface area contributed by atoms with Crippen molar-refractivity contribution in [3.05, 3.63) is 46.2 Å². The minimum Gasteiger partial charge on any atom is -0.503 e. The van der Waals surface area contributed by atoms with Crippen molar-refractivity contribution in [3.63, 3.8) is 0 Å². The zero-order chi connectivity index (χ0) is 13.7. The Morgan fingerprint density at radius 3 is 2.89 bits per heavy atom. The normalized spacial score (nSPS) is 10.4. The number of ether oxygens (including phenoxy) is 1. The Kier molecular flexibility index (Phi) is 4.70. The predicted octanol–water partition coefficient (Wildman–Crippen LogP) is 2.24. The maximum absolute atomic E-state index is 9.71. The molecule has 0 saturated carbocycles. The van der Waals surface area contributed by atoms with E-state index in [1.54, 1.807) is 12.3 Å². The number of phenols is 1. The van der Waals surface area contributed by atoms with Gasteiger partial charge in [-0.1, -0.05) is 0 Å². The van der Waals surface area contributed by atoms with Gasteiger partial charge in [0, 0.05) is 19.3 Å². The summed E-state index contributed by atoms with van der Waals surface area (Å²) >= 11 is 3.29. The van der Waals surface area contributed by atoms with Crippen molar-refractivity contribution in [2.75, 3.05) is 7.11 Å². The highest BCUT2D eigenvalue weighted by molar-refractivity contribution is 9.10. The lowest BCUT2D eigenvalue weighted by molar-refractivity contribution is 0.371. The lowest BCUT2D eigenvalue weighted by Gasteiger charge is -2.09. The molecule has 0 aliphatic heterocycles. The van der Waals surface area contributed by atoms with Crippen LogP contribution in [0.1, 0.15) is 11.3 Å². The van der Waals surface area contributed by atoms with Crippen molar-refractivity contribution in [3.8, 4) is 11.5 Å². The number of methoxy groups -OCH3 is 1. The van der Waals surface area contributed by atoms with Crippen molar-refractivity contribution in [1.82, 2.24) is 15.5 Å². The molecule has 100 valence electrons.